The van der Waals surface area contributed by atoms with Crippen LogP contribution in [0.15, 0.2) is 36.5 Å². The fourth-order valence-corrected chi connectivity index (χ4v) is 1.41. The summed E-state index contributed by atoms with van der Waals surface area (Å²) in [6, 6.07) is 7.97. The lowest BCUT2D eigenvalue weighted by atomic mass is 10.2. The van der Waals surface area contributed by atoms with E-state index in [0.717, 1.165) is 0 Å². The summed E-state index contributed by atoms with van der Waals surface area (Å²) >= 11 is 0. The molecule has 0 radical (unpaired) electrons. The Balaban J connectivity index is 2.31. The molecule has 4 N–H and O–H groups in total. The summed E-state index contributed by atoms with van der Waals surface area (Å²) in [4.78, 5) is 18.8. The molecule has 0 amide bonds. The molecule has 0 aliphatic rings. The molecule has 0 fully saturated rings. The molecule has 2 aromatic rings. The first-order chi connectivity index (χ1) is 8.70. The van der Waals surface area contributed by atoms with Crippen LogP contribution in [0.4, 0.5) is 17.5 Å². The Morgan fingerprint density at radius 3 is 2.78 bits per heavy atom. The zero-order chi connectivity index (χ0) is 13.0. The maximum atomic E-state index is 10.9. The first-order valence-electron chi connectivity index (χ1n) is 5.08. The SMILES string of the molecule is NNc1nccc(Nc2ccccc2C(=O)[O-])n1. The molecule has 0 saturated heterocycles. The molecular weight excluding hydrogens is 234 g/mol. The maximum Gasteiger partial charge on any atom is 0.239 e. The Hall–Kier alpha value is -2.67. The van der Waals surface area contributed by atoms with Gasteiger partial charge in [0, 0.05) is 17.4 Å². The summed E-state index contributed by atoms with van der Waals surface area (Å²) in [7, 11) is 0. The van der Waals surface area contributed by atoms with Gasteiger partial charge in [0.1, 0.15) is 5.82 Å². The Labute approximate surface area is 103 Å². The van der Waals surface area contributed by atoms with Crippen LogP contribution in [0.3, 0.4) is 0 Å². The van der Waals surface area contributed by atoms with Gasteiger partial charge >= 0.3 is 0 Å². The van der Waals surface area contributed by atoms with Crippen LogP contribution < -0.4 is 21.7 Å². The molecule has 0 bridgehead atoms. The minimum absolute atomic E-state index is 0.0540. The van der Waals surface area contributed by atoms with E-state index in [4.69, 9.17) is 5.84 Å². The number of anilines is 3. The highest BCUT2D eigenvalue weighted by molar-refractivity contribution is 5.93. The van der Waals surface area contributed by atoms with E-state index in [1.54, 1.807) is 24.3 Å². The van der Waals surface area contributed by atoms with Gasteiger partial charge in [-0.2, -0.15) is 4.98 Å². The van der Waals surface area contributed by atoms with Gasteiger partial charge in [0.25, 0.3) is 0 Å². The smallest absolute Gasteiger partial charge is 0.239 e. The molecular formula is C11H10N5O2-. The molecule has 1 aromatic carbocycles. The van der Waals surface area contributed by atoms with Crippen molar-refractivity contribution in [2.24, 2.45) is 5.84 Å². The van der Waals surface area contributed by atoms with E-state index in [9.17, 15) is 9.90 Å². The minimum Gasteiger partial charge on any atom is -0.545 e. The number of para-hydroxylation sites is 1. The molecule has 0 aliphatic heterocycles. The lowest BCUT2D eigenvalue weighted by molar-refractivity contribution is -0.254. The third-order valence-electron chi connectivity index (χ3n) is 2.19. The van der Waals surface area contributed by atoms with E-state index in [1.807, 2.05) is 0 Å². The summed E-state index contributed by atoms with van der Waals surface area (Å²) in [6.45, 7) is 0. The Kier molecular flexibility index (Phi) is 3.35. The minimum atomic E-state index is -1.26. The molecule has 0 spiro atoms. The van der Waals surface area contributed by atoms with Gasteiger partial charge in [-0.1, -0.05) is 18.2 Å². The van der Waals surface area contributed by atoms with Crippen molar-refractivity contribution in [2.75, 3.05) is 10.7 Å². The number of hydrazine groups is 1. The highest BCUT2D eigenvalue weighted by Crippen LogP contribution is 2.19. The van der Waals surface area contributed by atoms with E-state index in [-0.39, 0.29) is 11.5 Å². The Bertz CT molecular complexity index is 573. The van der Waals surface area contributed by atoms with Crippen molar-refractivity contribution in [1.29, 1.82) is 0 Å². The average molecular weight is 244 g/mol. The molecule has 7 nitrogen and oxygen atoms in total. The van der Waals surface area contributed by atoms with Gasteiger partial charge < -0.3 is 15.2 Å². The standard InChI is InChI=1S/C11H11N5O2/c12-16-11-13-6-5-9(15-11)14-8-4-2-1-3-7(8)10(17)18/h1-6H,12H2,(H,17,18)(H2,13,14,15,16)/p-1. The fourth-order valence-electron chi connectivity index (χ4n) is 1.41. The molecule has 0 atom stereocenters. The largest absolute Gasteiger partial charge is 0.545 e. The number of nitrogens with zero attached hydrogens (tertiary/aromatic N) is 2. The van der Waals surface area contributed by atoms with Crippen LogP contribution in [0, 0.1) is 0 Å². The van der Waals surface area contributed by atoms with Crippen LogP contribution in [0.2, 0.25) is 0 Å². The van der Waals surface area contributed by atoms with Crippen LogP contribution >= 0.6 is 0 Å². The second-order valence-corrected chi connectivity index (χ2v) is 3.37. The zero-order valence-electron chi connectivity index (χ0n) is 9.25. The van der Waals surface area contributed by atoms with E-state index in [0.29, 0.717) is 11.5 Å². The summed E-state index contributed by atoms with van der Waals surface area (Å²) in [6.07, 6.45) is 1.49. The van der Waals surface area contributed by atoms with E-state index in [2.05, 4.69) is 20.7 Å². The van der Waals surface area contributed by atoms with Crippen molar-refractivity contribution in [1.82, 2.24) is 9.97 Å². The average Bonchev–Trinajstić information content (AvgIpc) is 2.39. The van der Waals surface area contributed by atoms with Crippen LogP contribution in [0.5, 0.6) is 0 Å². The molecule has 7 heteroatoms. The molecule has 18 heavy (non-hydrogen) atoms. The normalized spacial score (nSPS) is 9.83. The fraction of sp³-hybridized carbons (Fsp3) is 0. The number of carboxylic acid groups (broad SMARTS) is 1. The maximum absolute atomic E-state index is 10.9. The lowest BCUT2D eigenvalue weighted by Gasteiger charge is -2.12. The van der Waals surface area contributed by atoms with Gasteiger partial charge in [0.15, 0.2) is 0 Å². The third-order valence-corrected chi connectivity index (χ3v) is 2.19. The molecule has 0 aliphatic carbocycles. The monoisotopic (exact) mass is 244 g/mol. The molecule has 2 rings (SSSR count). The van der Waals surface area contributed by atoms with Crippen LogP contribution in [-0.4, -0.2) is 15.9 Å². The second-order valence-electron chi connectivity index (χ2n) is 3.37. The summed E-state index contributed by atoms with van der Waals surface area (Å²) in [5, 5.41) is 13.8. The summed E-state index contributed by atoms with van der Waals surface area (Å²) in [5.41, 5.74) is 2.74. The highest BCUT2D eigenvalue weighted by Gasteiger charge is 2.04. The van der Waals surface area contributed by atoms with Gasteiger partial charge in [-0.25, -0.2) is 10.8 Å². The number of nitrogens with two attached hydrogens (primary N) is 1. The molecule has 0 saturated carbocycles. The Morgan fingerprint density at radius 1 is 1.28 bits per heavy atom. The molecule has 92 valence electrons. The van der Waals surface area contributed by atoms with Crippen molar-refractivity contribution < 1.29 is 9.90 Å². The molecule has 1 heterocycles. The van der Waals surface area contributed by atoms with Crippen molar-refractivity contribution in [3.8, 4) is 0 Å². The van der Waals surface area contributed by atoms with Crippen LogP contribution in [-0.2, 0) is 0 Å². The van der Waals surface area contributed by atoms with Crippen LogP contribution in [0.1, 0.15) is 10.4 Å². The van der Waals surface area contributed by atoms with Gasteiger partial charge in [0.2, 0.25) is 5.95 Å². The first-order valence-corrected chi connectivity index (χ1v) is 5.08. The number of hydrogen-bond donors (Lipinski definition) is 3. The Morgan fingerprint density at radius 2 is 2.06 bits per heavy atom. The first kappa shape index (κ1) is 11.8. The number of carbonyl (C=O) groups is 1. The highest BCUT2D eigenvalue weighted by atomic mass is 16.4. The van der Waals surface area contributed by atoms with Crippen molar-refractivity contribution in [2.45, 2.75) is 0 Å². The zero-order valence-corrected chi connectivity index (χ0v) is 9.25. The third kappa shape index (κ3) is 2.53. The van der Waals surface area contributed by atoms with E-state index >= 15 is 0 Å². The second kappa shape index (κ2) is 5.11. The lowest BCUT2D eigenvalue weighted by Crippen LogP contribution is -2.23. The number of carbonyl (C=O) groups excluding carboxylic acids is 1. The number of hydrogen-bond acceptors (Lipinski definition) is 7. The number of carboxylic acids is 1. The summed E-state index contributed by atoms with van der Waals surface area (Å²) < 4.78 is 0. The van der Waals surface area contributed by atoms with Crippen molar-refractivity contribution in [3.05, 3.63) is 42.1 Å². The number of nitrogens with one attached hydrogen (secondary N) is 2. The molecule has 1 aromatic heterocycles. The summed E-state index contributed by atoms with van der Waals surface area (Å²) in [5.74, 6) is 4.57. The number of aromatic nitrogens is 2. The van der Waals surface area contributed by atoms with Gasteiger partial charge in [-0.15, -0.1) is 0 Å². The van der Waals surface area contributed by atoms with E-state index in [1.165, 1.54) is 12.3 Å². The topological polar surface area (TPSA) is 116 Å². The number of rotatable bonds is 4. The van der Waals surface area contributed by atoms with Gasteiger partial charge in [0.05, 0.1) is 5.97 Å². The predicted molar refractivity (Wildman–Crippen MR) is 63.9 cm³/mol. The number of benzene rings is 1. The van der Waals surface area contributed by atoms with Gasteiger partial charge in [-0.05, 0) is 12.1 Å². The van der Waals surface area contributed by atoms with Crippen molar-refractivity contribution >= 4 is 23.4 Å². The number of nitrogen functional groups attached to an aromatic ring is 1. The number of aromatic carboxylic acids is 1. The quantitative estimate of drug-likeness (QED) is 0.506. The van der Waals surface area contributed by atoms with Crippen LogP contribution in [0.25, 0.3) is 0 Å². The van der Waals surface area contributed by atoms with E-state index < -0.39 is 5.97 Å². The van der Waals surface area contributed by atoms with Gasteiger partial charge in [-0.3, -0.25) is 5.43 Å². The molecule has 0 unspecified atom stereocenters. The van der Waals surface area contributed by atoms with Crippen molar-refractivity contribution in [3.63, 3.8) is 0 Å². The predicted octanol–water partition coefficient (Wildman–Crippen LogP) is -0.131.